The maximum Gasteiger partial charge on any atom is 0.255 e. The third-order valence-corrected chi connectivity index (χ3v) is 5.03. The maximum absolute atomic E-state index is 12.6. The van der Waals surface area contributed by atoms with Crippen LogP contribution in [0.2, 0.25) is 0 Å². The summed E-state index contributed by atoms with van der Waals surface area (Å²) < 4.78 is 11.4. The highest BCUT2D eigenvalue weighted by molar-refractivity contribution is 7.81. The number of benzene rings is 1. The van der Waals surface area contributed by atoms with Crippen LogP contribution in [-0.2, 0) is 4.79 Å². The van der Waals surface area contributed by atoms with Crippen LogP contribution >= 0.6 is 12.2 Å². The van der Waals surface area contributed by atoms with E-state index in [1.165, 1.54) is 6.08 Å². The molecule has 0 unspecified atom stereocenters. The maximum atomic E-state index is 12.6. The number of allylic oxidation sites excluding steroid dienone is 3. The van der Waals surface area contributed by atoms with Gasteiger partial charge in [0.2, 0.25) is 5.91 Å². The Morgan fingerprint density at radius 3 is 2.56 bits per heavy atom. The fourth-order valence-corrected chi connectivity index (χ4v) is 3.55. The summed E-state index contributed by atoms with van der Waals surface area (Å²) in [4.78, 5) is 24.3. The number of methoxy groups -OCH3 is 1. The van der Waals surface area contributed by atoms with E-state index in [-0.39, 0.29) is 18.4 Å². The van der Waals surface area contributed by atoms with Crippen LogP contribution in [0.5, 0.6) is 11.5 Å². The van der Waals surface area contributed by atoms with Crippen LogP contribution in [0, 0.1) is 0 Å². The summed E-state index contributed by atoms with van der Waals surface area (Å²) in [7, 11) is 1.58. The predicted octanol–water partition coefficient (Wildman–Crippen LogP) is 2.82. The molecule has 0 saturated heterocycles. The fraction of sp³-hybridized carbons (Fsp3) is 0.350. The first kappa shape index (κ1) is 19.1. The molecule has 3 rings (SSSR count). The quantitative estimate of drug-likeness (QED) is 0.734. The van der Waals surface area contributed by atoms with E-state index >= 15 is 0 Å². The van der Waals surface area contributed by atoms with E-state index in [4.69, 9.17) is 27.4 Å². The molecule has 0 heterocycles. The van der Waals surface area contributed by atoms with E-state index in [9.17, 15) is 9.59 Å². The van der Waals surface area contributed by atoms with Crippen molar-refractivity contribution in [2.45, 2.75) is 38.2 Å². The van der Waals surface area contributed by atoms with Gasteiger partial charge < -0.3 is 20.5 Å². The minimum Gasteiger partial charge on any atom is -0.493 e. The van der Waals surface area contributed by atoms with Gasteiger partial charge in [-0.05, 0) is 56.0 Å². The number of rotatable bonds is 6. The minimum absolute atomic E-state index is 0.160. The monoisotopic (exact) mass is 386 g/mol. The summed E-state index contributed by atoms with van der Waals surface area (Å²) in [6, 6.07) is 5.10. The lowest BCUT2D eigenvalue weighted by Crippen LogP contribution is -2.28. The molecule has 2 amide bonds. The van der Waals surface area contributed by atoms with Crippen molar-refractivity contribution < 1.29 is 19.1 Å². The molecule has 1 fully saturated rings. The van der Waals surface area contributed by atoms with Gasteiger partial charge in [0.05, 0.1) is 18.8 Å². The van der Waals surface area contributed by atoms with E-state index in [1.54, 1.807) is 31.4 Å². The highest BCUT2D eigenvalue weighted by atomic mass is 32.1. The van der Waals surface area contributed by atoms with Crippen LogP contribution in [0.4, 0.5) is 0 Å². The van der Waals surface area contributed by atoms with Gasteiger partial charge in [-0.15, -0.1) is 0 Å². The second kappa shape index (κ2) is 8.35. The van der Waals surface area contributed by atoms with E-state index in [2.05, 4.69) is 5.32 Å². The molecule has 0 aromatic heterocycles. The Morgan fingerprint density at radius 2 is 1.93 bits per heavy atom. The van der Waals surface area contributed by atoms with Crippen molar-refractivity contribution in [3.63, 3.8) is 0 Å². The average Bonchev–Trinajstić information content (AvgIpc) is 3.14. The second-order valence-corrected chi connectivity index (χ2v) is 7.07. The number of carbonyl (C=O) groups excluding carboxylic acids is 2. The Labute approximate surface area is 163 Å². The molecule has 0 atom stereocenters. The Kier molecular flexibility index (Phi) is 5.91. The molecule has 0 aliphatic heterocycles. The summed E-state index contributed by atoms with van der Waals surface area (Å²) in [5.41, 5.74) is 6.65. The summed E-state index contributed by atoms with van der Waals surface area (Å²) in [6.45, 7) is 0. The summed E-state index contributed by atoms with van der Waals surface area (Å²) in [6.07, 6.45) is 7.96. The van der Waals surface area contributed by atoms with Crippen molar-refractivity contribution in [2.75, 3.05) is 7.11 Å². The number of primary amides is 1. The standard InChI is InChI=1S/C20H22N2O4S/c1-25-16-9-6-12(10-17(16)26-14-4-2-3-5-14)20(24)22-13-7-8-15(19(21)23)18(27)11-13/h6-10,14H,2-5,11H2,1H3,(H2,21,23)(H,22,24). The van der Waals surface area contributed by atoms with Crippen LogP contribution in [0.15, 0.2) is 41.6 Å². The van der Waals surface area contributed by atoms with E-state index in [1.807, 2.05) is 0 Å². The normalized spacial score (nSPS) is 17.1. The first-order valence-corrected chi connectivity index (χ1v) is 9.28. The highest BCUT2D eigenvalue weighted by Crippen LogP contribution is 2.32. The first-order valence-electron chi connectivity index (χ1n) is 8.88. The highest BCUT2D eigenvalue weighted by Gasteiger charge is 2.21. The predicted molar refractivity (Wildman–Crippen MR) is 106 cm³/mol. The van der Waals surface area contributed by atoms with Crippen LogP contribution in [0.3, 0.4) is 0 Å². The molecular weight excluding hydrogens is 364 g/mol. The molecule has 27 heavy (non-hydrogen) atoms. The van der Waals surface area contributed by atoms with Gasteiger partial charge in [0, 0.05) is 22.5 Å². The topological polar surface area (TPSA) is 90.6 Å². The molecule has 142 valence electrons. The molecule has 1 aromatic rings. The fourth-order valence-electron chi connectivity index (χ4n) is 3.22. The number of hydrogen-bond donors (Lipinski definition) is 2. The SMILES string of the molecule is COc1ccc(C(=O)NC2=CC=C(C(N)=O)C(=S)C2)cc1OC1CCCC1. The summed E-state index contributed by atoms with van der Waals surface area (Å²) >= 11 is 5.19. The largest absolute Gasteiger partial charge is 0.493 e. The third kappa shape index (κ3) is 4.54. The molecular formula is C20H22N2O4S. The van der Waals surface area contributed by atoms with Gasteiger partial charge in [-0.1, -0.05) is 12.2 Å². The molecule has 6 nitrogen and oxygen atoms in total. The molecule has 1 aromatic carbocycles. The van der Waals surface area contributed by atoms with E-state index in [0.29, 0.717) is 33.2 Å². The van der Waals surface area contributed by atoms with Crippen LogP contribution in [-0.4, -0.2) is 29.9 Å². The number of hydrogen-bond acceptors (Lipinski definition) is 5. The van der Waals surface area contributed by atoms with Gasteiger partial charge in [0.15, 0.2) is 11.5 Å². The van der Waals surface area contributed by atoms with Crippen LogP contribution in [0.1, 0.15) is 42.5 Å². The Balaban J connectivity index is 1.75. The lowest BCUT2D eigenvalue weighted by molar-refractivity contribution is -0.114. The molecule has 1 saturated carbocycles. The number of thiocarbonyl (C=S) groups is 1. The smallest absolute Gasteiger partial charge is 0.255 e. The van der Waals surface area contributed by atoms with Crippen molar-refractivity contribution in [3.8, 4) is 11.5 Å². The summed E-state index contributed by atoms with van der Waals surface area (Å²) in [5, 5.41) is 2.82. The first-order chi connectivity index (χ1) is 13.0. The molecule has 2 aliphatic rings. The number of nitrogens with two attached hydrogens (primary N) is 1. The lowest BCUT2D eigenvalue weighted by Gasteiger charge is -2.18. The van der Waals surface area contributed by atoms with Crippen molar-refractivity contribution in [2.24, 2.45) is 5.73 Å². The second-order valence-electron chi connectivity index (χ2n) is 6.58. The molecule has 0 bridgehead atoms. The zero-order valence-corrected chi connectivity index (χ0v) is 15.9. The van der Waals surface area contributed by atoms with Crippen molar-refractivity contribution in [3.05, 3.63) is 47.2 Å². The zero-order chi connectivity index (χ0) is 19.4. The minimum atomic E-state index is -0.564. The molecule has 0 spiro atoms. The number of amides is 2. The van der Waals surface area contributed by atoms with Gasteiger partial charge in [0.25, 0.3) is 5.91 Å². The third-order valence-electron chi connectivity index (χ3n) is 4.66. The Bertz CT molecular complexity index is 838. The van der Waals surface area contributed by atoms with Crippen molar-refractivity contribution in [1.82, 2.24) is 5.32 Å². The molecule has 7 heteroatoms. The van der Waals surface area contributed by atoms with Gasteiger partial charge in [0.1, 0.15) is 0 Å². The van der Waals surface area contributed by atoms with Gasteiger partial charge in [-0.25, -0.2) is 0 Å². The number of carbonyl (C=O) groups is 2. The molecule has 3 N–H and O–H groups in total. The van der Waals surface area contributed by atoms with Gasteiger partial charge >= 0.3 is 0 Å². The van der Waals surface area contributed by atoms with Crippen LogP contribution < -0.4 is 20.5 Å². The average molecular weight is 386 g/mol. The van der Waals surface area contributed by atoms with E-state index in [0.717, 1.165) is 25.7 Å². The van der Waals surface area contributed by atoms with Crippen molar-refractivity contribution >= 4 is 28.9 Å². The Hall–Kier alpha value is -2.67. The summed E-state index contributed by atoms with van der Waals surface area (Å²) in [5.74, 6) is 0.330. The van der Waals surface area contributed by atoms with Crippen LogP contribution in [0.25, 0.3) is 0 Å². The van der Waals surface area contributed by atoms with Gasteiger partial charge in [-0.2, -0.15) is 0 Å². The number of nitrogens with one attached hydrogen (secondary N) is 1. The Morgan fingerprint density at radius 1 is 1.19 bits per heavy atom. The lowest BCUT2D eigenvalue weighted by atomic mass is 10.0. The molecule has 0 radical (unpaired) electrons. The van der Waals surface area contributed by atoms with Gasteiger partial charge in [-0.3, -0.25) is 9.59 Å². The zero-order valence-electron chi connectivity index (χ0n) is 15.1. The number of ether oxygens (including phenoxy) is 2. The molecule has 2 aliphatic carbocycles. The van der Waals surface area contributed by atoms with E-state index < -0.39 is 5.91 Å². The van der Waals surface area contributed by atoms with Crippen molar-refractivity contribution in [1.29, 1.82) is 0 Å².